The first-order chi connectivity index (χ1) is 10.1. The van der Waals surface area contributed by atoms with Gasteiger partial charge in [0.25, 0.3) is 0 Å². The van der Waals surface area contributed by atoms with Gasteiger partial charge in [-0.05, 0) is 36.6 Å². The zero-order valence-corrected chi connectivity index (χ0v) is 14.1. The van der Waals surface area contributed by atoms with E-state index in [4.69, 9.17) is 4.74 Å². The summed E-state index contributed by atoms with van der Waals surface area (Å²) in [5, 5.41) is 2.93. The summed E-state index contributed by atoms with van der Waals surface area (Å²) < 4.78 is 6.39. The molecule has 2 saturated carbocycles. The number of amides is 1. The normalized spacial score (nSPS) is 39.4. The quantitative estimate of drug-likeness (QED) is 0.597. The third kappa shape index (κ3) is 1.99. The van der Waals surface area contributed by atoms with Crippen LogP contribution in [0.2, 0.25) is 0 Å². The van der Waals surface area contributed by atoms with Crippen LogP contribution in [0, 0.1) is 23.7 Å². The molecule has 6 atom stereocenters. The van der Waals surface area contributed by atoms with Crippen molar-refractivity contribution in [1.82, 2.24) is 0 Å². The number of benzene rings is 1. The van der Waals surface area contributed by atoms with Crippen LogP contribution in [-0.4, -0.2) is 22.8 Å². The third-order valence-corrected chi connectivity index (χ3v) is 6.67. The Morgan fingerprint density at radius 3 is 2.67 bits per heavy atom. The molecule has 6 heteroatoms. The zero-order valence-electron chi connectivity index (χ0n) is 11.0. The van der Waals surface area contributed by atoms with Crippen molar-refractivity contribution in [2.45, 2.75) is 17.4 Å². The summed E-state index contributed by atoms with van der Waals surface area (Å²) in [6.45, 7) is 0. The summed E-state index contributed by atoms with van der Waals surface area (Å²) in [5.41, 5.74) is 0.750. The Morgan fingerprint density at radius 2 is 1.95 bits per heavy atom. The Labute approximate surface area is 138 Å². The maximum Gasteiger partial charge on any atom is 0.310 e. The lowest BCUT2D eigenvalue weighted by atomic mass is 9.79. The van der Waals surface area contributed by atoms with Crippen molar-refractivity contribution in [2.75, 3.05) is 5.32 Å². The van der Waals surface area contributed by atoms with Gasteiger partial charge in [-0.25, -0.2) is 0 Å². The van der Waals surface area contributed by atoms with Gasteiger partial charge in [0.15, 0.2) is 0 Å². The first-order valence-corrected chi connectivity index (χ1v) is 8.68. The van der Waals surface area contributed by atoms with E-state index in [1.54, 1.807) is 0 Å². The number of carbonyl (C=O) groups excluding carboxylic acids is 2. The van der Waals surface area contributed by atoms with Gasteiger partial charge in [0.2, 0.25) is 5.91 Å². The monoisotopic (exact) mass is 413 g/mol. The Kier molecular flexibility index (Phi) is 3.15. The summed E-state index contributed by atoms with van der Waals surface area (Å²) in [5.74, 6) is -0.431. The lowest BCUT2D eigenvalue weighted by molar-refractivity contribution is -0.145. The van der Waals surface area contributed by atoms with E-state index in [-0.39, 0.29) is 46.5 Å². The van der Waals surface area contributed by atoms with Crippen molar-refractivity contribution >= 4 is 49.4 Å². The average Bonchev–Trinajstić information content (AvgIpc) is 3.05. The van der Waals surface area contributed by atoms with Gasteiger partial charge in [-0.1, -0.05) is 31.9 Å². The van der Waals surface area contributed by atoms with Crippen molar-refractivity contribution in [3.05, 3.63) is 28.7 Å². The predicted octanol–water partition coefficient (Wildman–Crippen LogP) is 2.96. The van der Waals surface area contributed by atoms with Gasteiger partial charge in [-0.15, -0.1) is 0 Å². The van der Waals surface area contributed by atoms with Gasteiger partial charge in [-0.3, -0.25) is 9.59 Å². The van der Waals surface area contributed by atoms with E-state index in [2.05, 4.69) is 37.2 Å². The van der Waals surface area contributed by atoms with Gasteiger partial charge < -0.3 is 10.1 Å². The molecule has 110 valence electrons. The average molecular weight is 415 g/mol. The number of ether oxygens (including phenoxy) is 1. The van der Waals surface area contributed by atoms with Gasteiger partial charge >= 0.3 is 5.97 Å². The van der Waals surface area contributed by atoms with Crippen LogP contribution in [-0.2, 0) is 14.3 Å². The van der Waals surface area contributed by atoms with Gasteiger partial charge in [0.1, 0.15) is 6.10 Å². The minimum absolute atomic E-state index is 0.0377. The van der Waals surface area contributed by atoms with Crippen molar-refractivity contribution in [3.8, 4) is 0 Å². The first-order valence-electron chi connectivity index (χ1n) is 6.97. The maximum absolute atomic E-state index is 12.6. The first kappa shape index (κ1) is 13.8. The molecule has 3 aliphatic rings. The molecule has 1 aromatic carbocycles. The summed E-state index contributed by atoms with van der Waals surface area (Å²) in [7, 11) is 0. The number of fused-ring (bicyclic) bond motifs is 1. The Bertz CT molecular complexity index is 618. The lowest BCUT2D eigenvalue weighted by Gasteiger charge is -2.27. The zero-order chi connectivity index (χ0) is 14.7. The van der Waals surface area contributed by atoms with Crippen LogP contribution in [0.3, 0.4) is 0 Å². The van der Waals surface area contributed by atoms with E-state index in [1.165, 1.54) is 0 Å². The highest BCUT2D eigenvalue weighted by molar-refractivity contribution is 9.10. The van der Waals surface area contributed by atoms with Gasteiger partial charge in [0.05, 0.1) is 16.7 Å². The molecule has 0 radical (unpaired) electrons. The number of halogens is 2. The summed E-state index contributed by atoms with van der Waals surface area (Å²) in [4.78, 5) is 24.7. The standard InChI is InChI=1S/C15H13Br2NO3/c16-6-1-3-7(4-2-6)18-14(19)10-8-5-9-11(10)15(20)21-13(9)12(8)17/h1-4,8-13H,5H2,(H,18,19)/t8-,9-,10+,11+,12-,13+/m1/s1. The highest BCUT2D eigenvalue weighted by atomic mass is 79.9. The molecule has 2 aliphatic carbocycles. The number of anilines is 1. The molecule has 1 aliphatic heterocycles. The topological polar surface area (TPSA) is 55.4 Å². The van der Waals surface area contributed by atoms with Crippen molar-refractivity contribution in [2.24, 2.45) is 23.7 Å². The predicted molar refractivity (Wildman–Crippen MR) is 83.9 cm³/mol. The van der Waals surface area contributed by atoms with Crippen molar-refractivity contribution in [1.29, 1.82) is 0 Å². The number of esters is 1. The second kappa shape index (κ2) is 4.81. The molecule has 1 N–H and O–H groups in total. The highest BCUT2D eigenvalue weighted by Gasteiger charge is 2.67. The molecule has 0 spiro atoms. The SMILES string of the molecule is O=C(Nc1ccc(Br)cc1)[C@H]1[C@H]2C[C@H]3[C@H](OC(=O)[C@@H]31)[C@@H]2Br. The molecule has 3 fully saturated rings. The Hall–Kier alpha value is -0.880. The van der Waals surface area contributed by atoms with E-state index < -0.39 is 0 Å². The minimum Gasteiger partial charge on any atom is -0.461 e. The molecule has 1 amide bonds. The summed E-state index contributed by atoms with van der Waals surface area (Å²) in [6, 6.07) is 7.44. The molecular formula is C15H13Br2NO3. The smallest absolute Gasteiger partial charge is 0.310 e. The van der Waals surface area contributed by atoms with Crippen LogP contribution in [0.15, 0.2) is 28.7 Å². The molecule has 0 unspecified atom stereocenters. The van der Waals surface area contributed by atoms with E-state index in [1.807, 2.05) is 24.3 Å². The van der Waals surface area contributed by atoms with Crippen LogP contribution >= 0.6 is 31.9 Å². The van der Waals surface area contributed by atoms with Crippen LogP contribution in [0.5, 0.6) is 0 Å². The molecule has 4 rings (SSSR count). The molecular weight excluding hydrogens is 402 g/mol. The molecule has 0 aromatic heterocycles. The van der Waals surface area contributed by atoms with E-state index in [0.717, 1.165) is 16.6 Å². The highest BCUT2D eigenvalue weighted by Crippen LogP contribution is 2.60. The molecule has 4 nitrogen and oxygen atoms in total. The molecule has 1 aromatic rings. The fraction of sp³-hybridized carbons (Fsp3) is 0.467. The van der Waals surface area contributed by atoms with Crippen molar-refractivity contribution < 1.29 is 14.3 Å². The second-order valence-corrected chi connectivity index (χ2v) is 7.93. The Balaban J connectivity index is 1.57. The van der Waals surface area contributed by atoms with E-state index >= 15 is 0 Å². The summed E-state index contributed by atoms with van der Waals surface area (Å²) in [6.07, 6.45) is 0.860. The van der Waals surface area contributed by atoms with E-state index in [0.29, 0.717) is 0 Å². The maximum atomic E-state index is 12.6. The van der Waals surface area contributed by atoms with Crippen LogP contribution in [0.1, 0.15) is 6.42 Å². The third-order valence-electron chi connectivity index (χ3n) is 4.94. The number of nitrogens with one attached hydrogen (secondary N) is 1. The van der Waals surface area contributed by atoms with Crippen LogP contribution < -0.4 is 5.32 Å². The molecule has 1 saturated heterocycles. The Morgan fingerprint density at radius 1 is 1.24 bits per heavy atom. The van der Waals surface area contributed by atoms with Gasteiger partial charge in [-0.2, -0.15) is 0 Å². The number of carbonyl (C=O) groups is 2. The van der Waals surface area contributed by atoms with E-state index in [9.17, 15) is 9.59 Å². The van der Waals surface area contributed by atoms with Crippen molar-refractivity contribution in [3.63, 3.8) is 0 Å². The minimum atomic E-state index is -0.283. The molecule has 21 heavy (non-hydrogen) atoms. The van der Waals surface area contributed by atoms with Gasteiger partial charge in [0, 0.05) is 16.1 Å². The summed E-state index contributed by atoms with van der Waals surface area (Å²) >= 11 is 6.98. The lowest BCUT2D eigenvalue weighted by Crippen LogP contribution is -2.40. The fourth-order valence-electron chi connectivity index (χ4n) is 4.09. The number of rotatable bonds is 2. The largest absolute Gasteiger partial charge is 0.461 e. The number of alkyl halides is 1. The number of hydrogen-bond acceptors (Lipinski definition) is 3. The van der Waals surface area contributed by atoms with Crippen LogP contribution in [0.4, 0.5) is 5.69 Å². The molecule has 2 bridgehead atoms. The number of hydrogen-bond donors (Lipinski definition) is 1. The molecule has 1 heterocycles. The fourth-order valence-corrected chi connectivity index (χ4v) is 5.40. The van der Waals surface area contributed by atoms with Crippen LogP contribution in [0.25, 0.3) is 0 Å². The second-order valence-electron chi connectivity index (χ2n) is 5.96.